The summed E-state index contributed by atoms with van der Waals surface area (Å²) in [6.07, 6.45) is 10.0. The summed E-state index contributed by atoms with van der Waals surface area (Å²) in [5.41, 5.74) is 4.56. The molecule has 7 heterocycles. The van der Waals surface area contributed by atoms with E-state index in [1.54, 1.807) is 18.6 Å². The van der Waals surface area contributed by atoms with Crippen molar-refractivity contribution >= 4 is 40.0 Å². The van der Waals surface area contributed by atoms with E-state index in [2.05, 4.69) is 66.0 Å². The first-order valence-corrected chi connectivity index (χ1v) is 19.8. The largest absolute Gasteiger partial charge is 0.379 e. The number of halogens is 1. The number of likely N-dealkylation sites (tertiary alicyclic amines) is 2. The molecule has 12 heteroatoms. The van der Waals surface area contributed by atoms with Crippen molar-refractivity contribution in [2.45, 2.75) is 96.7 Å². The van der Waals surface area contributed by atoms with Gasteiger partial charge in [-0.2, -0.15) is 0 Å². The zero-order chi connectivity index (χ0) is 37.6. The van der Waals surface area contributed by atoms with E-state index in [9.17, 15) is 14.0 Å². The molecule has 5 aliphatic rings. The number of hydrogen-bond donors (Lipinski definition) is 1. The number of piperidine rings is 1. The molecular weight excluding hydrogens is 684 g/mol. The predicted molar refractivity (Wildman–Crippen MR) is 206 cm³/mol. The van der Waals surface area contributed by atoms with Gasteiger partial charge in [-0.05, 0) is 95.0 Å². The van der Waals surface area contributed by atoms with Crippen LogP contribution in [-0.2, 0) is 19.7 Å². The molecule has 1 aliphatic carbocycles. The summed E-state index contributed by atoms with van der Waals surface area (Å²) in [7, 11) is 0. The lowest BCUT2D eigenvalue weighted by Crippen LogP contribution is -2.59. The molecule has 2 amide bonds. The van der Waals surface area contributed by atoms with Crippen molar-refractivity contribution in [1.82, 2.24) is 29.3 Å². The molecule has 1 atom stereocenters. The number of hydrogen-bond acceptors (Lipinski definition) is 8. The highest BCUT2D eigenvalue weighted by Crippen LogP contribution is 2.53. The average molecular weight is 735 g/mol. The van der Waals surface area contributed by atoms with Gasteiger partial charge in [0, 0.05) is 55.2 Å². The van der Waals surface area contributed by atoms with Gasteiger partial charge in [-0.15, -0.1) is 0 Å². The Morgan fingerprint density at radius 1 is 1.06 bits per heavy atom. The van der Waals surface area contributed by atoms with Crippen molar-refractivity contribution in [3.63, 3.8) is 0 Å². The summed E-state index contributed by atoms with van der Waals surface area (Å²) in [5, 5.41) is 3.24. The Morgan fingerprint density at radius 2 is 1.83 bits per heavy atom. The van der Waals surface area contributed by atoms with E-state index in [0.717, 1.165) is 53.8 Å². The van der Waals surface area contributed by atoms with Crippen molar-refractivity contribution in [2.75, 3.05) is 49.6 Å². The number of amides is 2. The number of pyridine rings is 2. The van der Waals surface area contributed by atoms with Crippen LogP contribution in [0.25, 0.3) is 22.3 Å². The fraction of sp³-hybridized carbons (Fsp3) is 0.548. The van der Waals surface area contributed by atoms with Gasteiger partial charge in [-0.25, -0.2) is 14.4 Å². The fourth-order valence-electron chi connectivity index (χ4n) is 9.62. The van der Waals surface area contributed by atoms with Gasteiger partial charge in [0.25, 0.3) is 0 Å². The predicted octanol–water partition coefficient (Wildman–Crippen LogP) is 6.85. The summed E-state index contributed by atoms with van der Waals surface area (Å²) in [4.78, 5) is 48.9. The quantitative estimate of drug-likeness (QED) is 0.210. The highest BCUT2D eigenvalue weighted by Gasteiger charge is 2.57. The normalized spacial score (nSPS) is 26.0. The highest BCUT2D eigenvalue weighted by molar-refractivity contribution is 6.09. The first-order chi connectivity index (χ1) is 25.9. The van der Waals surface area contributed by atoms with Crippen LogP contribution in [0, 0.1) is 16.6 Å². The summed E-state index contributed by atoms with van der Waals surface area (Å²) >= 11 is 0. The molecular formula is C42H51FN8O3. The van der Waals surface area contributed by atoms with Crippen LogP contribution in [0.2, 0.25) is 0 Å². The molecule has 0 bridgehead atoms. The molecule has 3 saturated heterocycles. The molecule has 4 aliphatic heterocycles. The molecule has 1 spiro atoms. The lowest BCUT2D eigenvalue weighted by Gasteiger charge is -2.47. The number of aromatic nitrogens is 4. The monoisotopic (exact) mass is 734 g/mol. The molecule has 9 rings (SSSR count). The third kappa shape index (κ3) is 5.53. The summed E-state index contributed by atoms with van der Waals surface area (Å²) in [6.45, 7) is 15.1. The van der Waals surface area contributed by atoms with E-state index in [1.807, 2.05) is 22.5 Å². The van der Waals surface area contributed by atoms with Gasteiger partial charge in [0.1, 0.15) is 5.52 Å². The SMILES string of the molecule is CCC1(C)CCN([C@H]2C[C@@H](N3C(=O)C4(CCN(C(=O)C5(C)COC5)CC4)c4ccc(-c5cc6ncn(C(C)C)c6c(Nc6ccncc6F)n5)cc43)C2)C1. The number of nitrogens with one attached hydrogen (secondary N) is 1. The van der Waals surface area contributed by atoms with Crippen LogP contribution >= 0.6 is 0 Å². The van der Waals surface area contributed by atoms with Crippen LogP contribution in [0.5, 0.6) is 0 Å². The van der Waals surface area contributed by atoms with Crippen LogP contribution < -0.4 is 10.2 Å². The molecule has 284 valence electrons. The highest BCUT2D eigenvalue weighted by atomic mass is 19.1. The molecule has 1 saturated carbocycles. The topological polar surface area (TPSA) is 109 Å². The number of benzene rings is 1. The van der Waals surface area contributed by atoms with E-state index in [-0.39, 0.29) is 29.6 Å². The fourth-order valence-corrected chi connectivity index (χ4v) is 9.62. The van der Waals surface area contributed by atoms with Crippen LogP contribution in [0.4, 0.5) is 21.6 Å². The van der Waals surface area contributed by atoms with Crippen LogP contribution in [0.3, 0.4) is 0 Å². The average Bonchev–Trinajstić information content (AvgIpc) is 3.82. The van der Waals surface area contributed by atoms with Crippen LogP contribution in [0.15, 0.2) is 49.1 Å². The summed E-state index contributed by atoms with van der Waals surface area (Å²) in [5.74, 6) is 0.321. The number of anilines is 3. The summed E-state index contributed by atoms with van der Waals surface area (Å²) in [6, 6.07) is 10.6. The van der Waals surface area contributed by atoms with E-state index in [1.165, 1.54) is 19.0 Å². The minimum Gasteiger partial charge on any atom is -0.379 e. The van der Waals surface area contributed by atoms with Crippen LogP contribution in [0.1, 0.15) is 84.7 Å². The first-order valence-electron chi connectivity index (χ1n) is 19.8. The molecule has 3 aromatic heterocycles. The van der Waals surface area contributed by atoms with Gasteiger partial charge in [-0.3, -0.25) is 19.5 Å². The zero-order valence-electron chi connectivity index (χ0n) is 32.1. The van der Waals surface area contributed by atoms with Crippen molar-refractivity contribution in [1.29, 1.82) is 0 Å². The summed E-state index contributed by atoms with van der Waals surface area (Å²) < 4.78 is 22.3. The maximum absolute atomic E-state index is 15.0. The zero-order valence-corrected chi connectivity index (χ0v) is 32.1. The van der Waals surface area contributed by atoms with Gasteiger partial charge in [0.15, 0.2) is 11.6 Å². The molecule has 1 aromatic carbocycles. The number of fused-ring (bicyclic) bond motifs is 3. The van der Waals surface area contributed by atoms with E-state index in [0.29, 0.717) is 62.1 Å². The number of imidazole rings is 1. The lowest BCUT2D eigenvalue weighted by molar-refractivity contribution is -0.170. The third-order valence-corrected chi connectivity index (χ3v) is 13.5. The Bertz CT molecular complexity index is 2130. The molecule has 54 heavy (non-hydrogen) atoms. The molecule has 11 nitrogen and oxygen atoms in total. The minimum absolute atomic E-state index is 0.107. The molecule has 1 N–H and O–H groups in total. The van der Waals surface area contributed by atoms with E-state index in [4.69, 9.17) is 14.7 Å². The maximum atomic E-state index is 15.0. The van der Waals surface area contributed by atoms with Gasteiger partial charge in [-0.1, -0.05) is 26.0 Å². The lowest BCUT2D eigenvalue weighted by atomic mass is 9.72. The Balaban J connectivity index is 1.08. The van der Waals surface area contributed by atoms with E-state index < -0.39 is 16.6 Å². The van der Waals surface area contributed by atoms with Gasteiger partial charge in [0.05, 0.1) is 53.5 Å². The Morgan fingerprint density at radius 3 is 2.50 bits per heavy atom. The molecule has 1 unspecified atom stereocenters. The molecule has 0 radical (unpaired) electrons. The number of nitrogens with zero attached hydrogens (tertiary/aromatic N) is 7. The van der Waals surface area contributed by atoms with Gasteiger partial charge >= 0.3 is 0 Å². The Hall–Kier alpha value is -4.42. The number of ether oxygens (including phenoxy) is 1. The van der Waals surface area contributed by atoms with Crippen molar-refractivity contribution < 1.29 is 18.7 Å². The third-order valence-electron chi connectivity index (χ3n) is 13.5. The molecule has 4 fully saturated rings. The Labute approximate surface area is 316 Å². The number of carbonyl (C=O) groups excluding carboxylic acids is 2. The first kappa shape index (κ1) is 35.3. The maximum Gasteiger partial charge on any atom is 0.238 e. The number of carbonyl (C=O) groups is 2. The van der Waals surface area contributed by atoms with Crippen molar-refractivity contribution in [3.8, 4) is 11.3 Å². The smallest absolute Gasteiger partial charge is 0.238 e. The second kappa shape index (κ2) is 12.8. The van der Waals surface area contributed by atoms with Gasteiger partial charge < -0.3 is 24.4 Å². The number of rotatable bonds is 8. The minimum atomic E-state index is -0.680. The van der Waals surface area contributed by atoms with Crippen molar-refractivity contribution in [2.24, 2.45) is 10.8 Å². The van der Waals surface area contributed by atoms with Crippen LogP contribution in [-0.4, -0.2) is 92.6 Å². The molecule has 4 aromatic rings. The van der Waals surface area contributed by atoms with Gasteiger partial charge in [0.2, 0.25) is 11.8 Å². The van der Waals surface area contributed by atoms with Crippen molar-refractivity contribution in [3.05, 3.63) is 60.4 Å². The second-order valence-corrected chi connectivity index (χ2v) is 17.4. The van der Waals surface area contributed by atoms with E-state index >= 15 is 0 Å². The second-order valence-electron chi connectivity index (χ2n) is 17.4. The Kier molecular flexibility index (Phi) is 8.39. The standard InChI is InChI=1S/C42H51FN8O3/c1-6-40(4)10-14-49(22-40)28-18-29(19-28)51-35-17-27(7-8-30(35)42(39(51)53)11-15-48(16-12-42)38(52)41(5)23-54-24-41)33-20-34-36(50(25-45-34)26(2)3)37(47-33)46-32-9-13-44-21-31(32)43/h7-9,13,17,20-21,25-26,28-29H,6,10-12,14-16,18-19,22-24H2,1-5H3,(H,44,46,47)/t28-,29+,40?.